The molecule has 2 aromatic rings. The van der Waals surface area contributed by atoms with Crippen LogP contribution < -0.4 is 4.90 Å². The minimum atomic E-state index is -1.14. The highest BCUT2D eigenvalue weighted by molar-refractivity contribution is 6.31. The first kappa shape index (κ1) is 20.4. The number of benzene rings is 2. The Labute approximate surface area is 179 Å². The Bertz CT molecular complexity index is 1130. The number of aryl methyl sites for hydroxylation is 1. The number of phenols is 1. The SMILES string of the molecule is C=CC1=CC[C@H]2C(=O)N(c3ccc(F)c(Cl)c3)C(=O)[C@@]2(C)[C@H]1c1cccc(C)c1O. The van der Waals surface area contributed by atoms with Gasteiger partial charge in [-0.15, -0.1) is 0 Å². The van der Waals surface area contributed by atoms with E-state index in [1.54, 1.807) is 32.1 Å². The molecule has 1 heterocycles. The maximum Gasteiger partial charge on any atom is 0.241 e. The number of fused-ring (bicyclic) bond motifs is 1. The molecule has 0 saturated carbocycles. The summed E-state index contributed by atoms with van der Waals surface area (Å²) in [5.41, 5.74) is 1.14. The number of carbonyl (C=O) groups is 2. The molecule has 1 aliphatic carbocycles. The first-order chi connectivity index (χ1) is 14.2. The number of amides is 2. The van der Waals surface area contributed by atoms with Crippen molar-refractivity contribution in [3.05, 3.63) is 82.7 Å². The molecule has 0 bridgehead atoms. The Morgan fingerprint density at radius 1 is 1.30 bits per heavy atom. The first-order valence-corrected chi connectivity index (χ1v) is 10.0. The second-order valence-corrected chi connectivity index (χ2v) is 8.41. The number of halogens is 2. The lowest BCUT2D eigenvalue weighted by Gasteiger charge is -2.40. The Morgan fingerprint density at radius 3 is 2.70 bits per heavy atom. The van der Waals surface area contributed by atoms with Crippen molar-refractivity contribution in [1.29, 1.82) is 0 Å². The number of nitrogens with zero attached hydrogens (tertiary/aromatic N) is 1. The third kappa shape index (κ3) is 2.72. The van der Waals surface area contributed by atoms with Gasteiger partial charge in [0.1, 0.15) is 11.6 Å². The van der Waals surface area contributed by atoms with Crippen LogP contribution in [0.1, 0.15) is 30.4 Å². The molecule has 3 atom stereocenters. The van der Waals surface area contributed by atoms with E-state index in [1.807, 2.05) is 12.1 Å². The molecule has 1 saturated heterocycles. The van der Waals surface area contributed by atoms with E-state index in [0.717, 1.165) is 16.5 Å². The molecule has 4 rings (SSSR count). The Morgan fingerprint density at radius 2 is 2.03 bits per heavy atom. The Hall–Kier alpha value is -2.92. The van der Waals surface area contributed by atoms with Gasteiger partial charge in [-0.25, -0.2) is 9.29 Å². The van der Waals surface area contributed by atoms with E-state index >= 15 is 0 Å². The number of anilines is 1. The number of para-hydroxylation sites is 1. The van der Waals surface area contributed by atoms with E-state index < -0.39 is 29.0 Å². The van der Waals surface area contributed by atoms with Crippen molar-refractivity contribution in [2.24, 2.45) is 11.3 Å². The van der Waals surface area contributed by atoms with Crippen LogP contribution in [0.25, 0.3) is 0 Å². The van der Waals surface area contributed by atoms with Crippen LogP contribution in [0.15, 0.2) is 60.7 Å². The molecule has 0 spiro atoms. The van der Waals surface area contributed by atoms with Crippen LogP contribution in [0.2, 0.25) is 5.02 Å². The van der Waals surface area contributed by atoms with Gasteiger partial charge in [0, 0.05) is 11.5 Å². The molecule has 1 N–H and O–H groups in total. The number of hydrogen-bond donors (Lipinski definition) is 1. The number of rotatable bonds is 3. The number of aromatic hydroxyl groups is 1. The molecule has 2 aliphatic rings. The van der Waals surface area contributed by atoms with Crippen molar-refractivity contribution in [3.8, 4) is 5.75 Å². The summed E-state index contributed by atoms with van der Waals surface area (Å²) in [6.07, 6.45) is 3.94. The average Bonchev–Trinajstić information content (AvgIpc) is 2.92. The van der Waals surface area contributed by atoms with E-state index in [0.29, 0.717) is 17.5 Å². The molecule has 154 valence electrons. The monoisotopic (exact) mass is 425 g/mol. The van der Waals surface area contributed by atoms with Crippen LogP contribution >= 0.6 is 11.6 Å². The zero-order chi connectivity index (χ0) is 21.8. The molecule has 1 aliphatic heterocycles. The van der Waals surface area contributed by atoms with E-state index in [-0.39, 0.29) is 22.4 Å². The molecule has 2 amide bonds. The lowest BCUT2D eigenvalue weighted by molar-refractivity contribution is -0.127. The fraction of sp³-hybridized carbons (Fsp3) is 0.250. The number of hydrogen-bond acceptors (Lipinski definition) is 3. The largest absolute Gasteiger partial charge is 0.507 e. The fourth-order valence-corrected chi connectivity index (χ4v) is 4.95. The van der Waals surface area contributed by atoms with Gasteiger partial charge in [0.2, 0.25) is 11.8 Å². The van der Waals surface area contributed by atoms with Gasteiger partial charge in [-0.2, -0.15) is 0 Å². The van der Waals surface area contributed by atoms with Crippen molar-refractivity contribution in [2.75, 3.05) is 4.90 Å². The van der Waals surface area contributed by atoms with E-state index in [1.165, 1.54) is 12.1 Å². The highest BCUT2D eigenvalue weighted by Gasteiger charge is 2.62. The minimum absolute atomic E-state index is 0.0978. The van der Waals surface area contributed by atoms with Crippen LogP contribution in [0.4, 0.5) is 10.1 Å². The lowest BCUT2D eigenvalue weighted by atomic mass is 9.60. The molecular formula is C24H21ClFNO3. The molecule has 2 aromatic carbocycles. The molecule has 0 aromatic heterocycles. The zero-order valence-corrected chi connectivity index (χ0v) is 17.4. The molecule has 6 heteroatoms. The summed E-state index contributed by atoms with van der Waals surface area (Å²) in [6.45, 7) is 7.42. The molecule has 0 radical (unpaired) electrons. The van der Waals surface area contributed by atoms with Gasteiger partial charge in [-0.05, 0) is 49.6 Å². The Kier molecular flexibility index (Phi) is 4.82. The number of imide groups is 1. The highest BCUT2D eigenvalue weighted by atomic mass is 35.5. The van der Waals surface area contributed by atoms with Crippen LogP contribution in [0, 0.1) is 24.1 Å². The predicted molar refractivity (Wildman–Crippen MR) is 114 cm³/mol. The van der Waals surface area contributed by atoms with Gasteiger partial charge in [0.25, 0.3) is 0 Å². The Balaban J connectivity index is 1.90. The predicted octanol–water partition coefficient (Wildman–Crippen LogP) is 5.29. The van der Waals surface area contributed by atoms with Gasteiger partial charge in [0.05, 0.1) is 22.0 Å². The normalized spacial score (nSPS) is 25.9. The van der Waals surface area contributed by atoms with Gasteiger partial charge >= 0.3 is 0 Å². The third-order valence-electron chi connectivity index (χ3n) is 6.41. The number of phenolic OH excluding ortho intramolecular Hbond substituents is 1. The molecular weight excluding hydrogens is 405 g/mol. The summed E-state index contributed by atoms with van der Waals surface area (Å²) in [5, 5.41) is 10.6. The number of carbonyl (C=O) groups excluding carboxylic acids is 2. The minimum Gasteiger partial charge on any atom is -0.507 e. The molecule has 1 fully saturated rings. The van der Waals surface area contributed by atoms with Crippen molar-refractivity contribution in [3.63, 3.8) is 0 Å². The fourth-order valence-electron chi connectivity index (χ4n) is 4.78. The van der Waals surface area contributed by atoms with Gasteiger partial charge in [-0.3, -0.25) is 9.59 Å². The van der Waals surface area contributed by atoms with Crippen molar-refractivity contribution in [2.45, 2.75) is 26.2 Å². The van der Waals surface area contributed by atoms with Gasteiger partial charge in [-0.1, -0.05) is 48.5 Å². The van der Waals surface area contributed by atoms with Crippen molar-refractivity contribution < 1.29 is 19.1 Å². The summed E-state index contributed by atoms with van der Waals surface area (Å²) in [6, 6.07) is 9.17. The second kappa shape index (κ2) is 7.10. The van der Waals surface area contributed by atoms with E-state index in [9.17, 15) is 19.1 Å². The lowest BCUT2D eigenvalue weighted by Crippen LogP contribution is -2.41. The van der Waals surface area contributed by atoms with Crippen LogP contribution in [0.5, 0.6) is 5.75 Å². The standard InChI is InChI=1S/C24H21ClFNO3/c1-4-14-8-10-17-22(29)27(15-9-11-19(26)18(25)12-15)23(30)24(17,3)20(14)16-7-5-6-13(2)21(16)28/h4-9,11-12,17,20,28H,1,10H2,2-3H3/t17-,20+,24+/m0/s1. The van der Waals surface area contributed by atoms with Gasteiger partial charge in [0.15, 0.2) is 0 Å². The summed E-state index contributed by atoms with van der Waals surface area (Å²) in [5.74, 6) is -2.46. The topological polar surface area (TPSA) is 57.6 Å². The van der Waals surface area contributed by atoms with Crippen molar-refractivity contribution >= 4 is 29.1 Å². The van der Waals surface area contributed by atoms with Crippen LogP contribution in [-0.4, -0.2) is 16.9 Å². The molecule has 4 nitrogen and oxygen atoms in total. The van der Waals surface area contributed by atoms with Crippen molar-refractivity contribution in [1.82, 2.24) is 0 Å². The third-order valence-corrected chi connectivity index (χ3v) is 6.70. The molecule has 0 unspecified atom stereocenters. The quantitative estimate of drug-likeness (QED) is 0.680. The van der Waals surface area contributed by atoms with E-state index in [2.05, 4.69) is 6.58 Å². The van der Waals surface area contributed by atoms with Crippen LogP contribution in [0.3, 0.4) is 0 Å². The second-order valence-electron chi connectivity index (χ2n) is 8.00. The van der Waals surface area contributed by atoms with E-state index in [4.69, 9.17) is 11.6 Å². The first-order valence-electron chi connectivity index (χ1n) is 9.66. The summed E-state index contributed by atoms with van der Waals surface area (Å²) >= 11 is 5.90. The van der Waals surface area contributed by atoms with Crippen LogP contribution in [-0.2, 0) is 9.59 Å². The molecule has 30 heavy (non-hydrogen) atoms. The summed E-state index contributed by atoms with van der Waals surface area (Å²) < 4.78 is 13.6. The maximum absolute atomic E-state index is 13.7. The maximum atomic E-state index is 13.7. The highest BCUT2D eigenvalue weighted by Crippen LogP contribution is 2.58. The summed E-state index contributed by atoms with van der Waals surface area (Å²) in [7, 11) is 0. The number of allylic oxidation sites excluding steroid dienone is 3. The van der Waals surface area contributed by atoms with Gasteiger partial charge < -0.3 is 5.11 Å². The zero-order valence-electron chi connectivity index (χ0n) is 16.7. The summed E-state index contributed by atoms with van der Waals surface area (Å²) in [4.78, 5) is 28.2. The smallest absolute Gasteiger partial charge is 0.241 e. The average molecular weight is 426 g/mol.